The van der Waals surface area contributed by atoms with Gasteiger partial charge in [-0.05, 0) is 11.6 Å². The largest absolute Gasteiger partial charge is 0.420 e. The fraction of sp³-hybridized carbons (Fsp3) is 0.333. The number of rotatable bonds is 7. The Hall–Kier alpha value is -3.50. The number of nitro benzene ring substituents is 1. The molecule has 2 aromatic carbocycles. The Bertz CT molecular complexity index is 1130. The molecule has 162 valence electrons. The molecule has 1 amide bonds. The molecule has 1 atom stereocenters. The number of carbonyl (C=O) groups is 1. The molecule has 1 fully saturated rings. The van der Waals surface area contributed by atoms with E-state index in [9.17, 15) is 19.7 Å². The Morgan fingerprint density at radius 2 is 1.90 bits per heavy atom. The van der Waals surface area contributed by atoms with E-state index in [1.807, 2.05) is 30.3 Å². The highest BCUT2D eigenvalue weighted by atomic mass is 16.6. The van der Waals surface area contributed by atoms with Crippen molar-refractivity contribution in [1.29, 1.82) is 0 Å². The molecule has 0 bridgehead atoms. The third kappa shape index (κ3) is 4.81. The lowest BCUT2D eigenvalue weighted by Gasteiger charge is -2.31. The lowest BCUT2D eigenvalue weighted by molar-refractivity contribution is -0.384. The minimum Gasteiger partial charge on any atom is -0.407 e. The van der Waals surface area contributed by atoms with Crippen LogP contribution in [0.3, 0.4) is 0 Å². The standard InChI is InChI=1S/C21H22N4O6/c26-20(14-24-18-7-6-16(25(28)29)12-19(18)31-21(24)27)22-17(15-4-2-1-3-5-15)13-23-8-10-30-11-9-23/h1-7,12,17H,8-11,13-14H2,(H,22,26). The number of hydrogen-bond acceptors (Lipinski definition) is 7. The number of morpholine rings is 1. The van der Waals surface area contributed by atoms with Crippen LogP contribution in [-0.4, -0.2) is 53.1 Å². The molecule has 0 radical (unpaired) electrons. The molecule has 2 heterocycles. The molecule has 0 saturated carbocycles. The van der Waals surface area contributed by atoms with Gasteiger partial charge in [0, 0.05) is 25.7 Å². The van der Waals surface area contributed by atoms with Crippen LogP contribution in [0.15, 0.2) is 57.7 Å². The van der Waals surface area contributed by atoms with Crippen LogP contribution in [0.2, 0.25) is 0 Å². The second kappa shape index (κ2) is 9.11. The van der Waals surface area contributed by atoms with Gasteiger partial charge in [0.05, 0.1) is 35.8 Å². The van der Waals surface area contributed by atoms with Gasteiger partial charge in [-0.3, -0.25) is 24.4 Å². The number of ether oxygens (including phenoxy) is 1. The predicted molar refractivity (Wildman–Crippen MR) is 112 cm³/mol. The van der Waals surface area contributed by atoms with Crippen LogP contribution in [0.1, 0.15) is 11.6 Å². The minimum absolute atomic E-state index is 0.0694. The van der Waals surface area contributed by atoms with Gasteiger partial charge in [-0.15, -0.1) is 0 Å². The maximum atomic E-state index is 12.8. The van der Waals surface area contributed by atoms with Crippen molar-refractivity contribution in [2.24, 2.45) is 0 Å². The average molecular weight is 426 g/mol. The number of benzene rings is 2. The van der Waals surface area contributed by atoms with E-state index in [-0.39, 0.29) is 29.8 Å². The van der Waals surface area contributed by atoms with E-state index < -0.39 is 10.7 Å². The molecule has 31 heavy (non-hydrogen) atoms. The third-order valence-electron chi connectivity index (χ3n) is 5.25. The van der Waals surface area contributed by atoms with Gasteiger partial charge in [-0.1, -0.05) is 30.3 Å². The van der Waals surface area contributed by atoms with E-state index >= 15 is 0 Å². The third-order valence-corrected chi connectivity index (χ3v) is 5.25. The Labute approximate surface area is 177 Å². The summed E-state index contributed by atoms with van der Waals surface area (Å²) in [6.45, 7) is 3.23. The number of carbonyl (C=O) groups excluding carboxylic acids is 1. The fourth-order valence-electron chi connectivity index (χ4n) is 3.66. The normalized spacial score (nSPS) is 15.6. The zero-order valence-corrected chi connectivity index (χ0v) is 16.7. The molecule has 1 unspecified atom stereocenters. The summed E-state index contributed by atoms with van der Waals surface area (Å²) in [5, 5.41) is 13.9. The number of aromatic nitrogens is 1. The summed E-state index contributed by atoms with van der Waals surface area (Å²) in [6.07, 6.45) is 0. The average Bonchev–Trinajstić information content (AvgIpc) is 3.08. The highest BCUT2D eigenvalue weighted by Gasteiger charge is 2.22. The second-order valence-corrected chi connectivity index (χ2v) is 7.31. The molecular weight excluding hydrogens is 404 g/mol. The zero-order chi connectivity index (χ0) is 21.8. The first-order valence-electron chi connectivity index (χ1n) is 9.93. The molecule has 1 aromatic heterocycles. The van der Waals surface area contributed by atoms with E-state index in [4.69, 9.17) is 9.15 Å². The minimum atomic E-state index is -0.741. The maximum Gasteiger partial charge on any atom is 0.420 e. The van der Waals surface area contributed by atoms with Crippen molar-refractivity contribution in [3.63, 3.8) is 0 Å². The van der Waals surface area contributed by atoms with E-state index in [2.05, 4.69) is 10.2 Å². The van der Waals surface area contributed by atoms with Crippen molar-refractivity contribution in [3.8, 4) is 0 Å². The van der Waals surface area contributed by atoms with Crippen molar-refractivity contribution < 1.29 is 18.9 Å². The van der Waals surface area contributed by atoms with Crippen LogP contribution in [0.4, 0.5) is 5.69 Å². The molecule has 4 rings (SSSR count). The Kier molecular flexibility index (Phi) is 6.10. The van der Waals surface area contributed by atoms with Crippen molar-refractivity contribution in [3.05, 3.63) is 74.8 Å². The highest BCUT2D eigenvalue weighted by molar-refractivity contribution is 5.80. The summed E-state index contributed by atoms with van der Waals surface area (Å²) in [7, 11) is 0. The number of oxazole rings is 1. The van der Waals surface area contributed by atoms with Gasteiger partial charge in [0.2, 0.25) is 5.91 Å². The van der Waals surface area contributed by atoms with E-state index in [1.165, 1.54) is 22.8 Å². The number of fused-ring (bicyclic) bond motifs is 1. The Balaban J connectivity index is 1.53. The van der Waals surface area contributed by atoms with E-state index in [0.717, 1.165) is 18.7 Å². The SMILES string of the molecule is O=C(Cn1c(=O)oc2cc([N+](=O)[O-])ccc21)NC(CN1CCOCC1)c1ccccc1. The molecule has 1 saturated heterocycles. The van der Waals surface area contributed by atoms with Crippen molar-refractivity contribution in [2.75, 3.05) is 32.8 Å². The number of nitro groups is 1. The quantitative estimate of drug-likeness (QED) is 0.451. The van der Waals surface area contributed by atoms with E-state index in [0.29, 0.717) is 25.3 Å². The van der Waals surface area contributed by atoms with Crippen LogP contribution < -0.4 is 11.1 Å². The molecule has 1 aliphatic heterocycles. The summed E-state index contributed by atoms with van der Waals surface area (Å²) in [5.41, 5.74) is 1.17. The summed E-state index contributed by atoms with van der Waals surface area (Å²) >= 11 is 0. The fourth-order valence-corrected chi connectivity index (χ4v) is 3.66. The second-order valence-electron chi connectivity index (χ2n) is 7.31. The van der Waals surface area contributed by atoms with Gasteiger partial charge in [0.25, 0.3) is 5.69 Å². The first-order valence-corrected chi connectivity index (χ1v) is 9.93. The lowest BCUT2D eigenvalue weighted by Crippen LogP contribution is -2.44. The molecule has 10 nitrogen and oxygen atoms in total. The van der Waals surface area contributed by atoms with Gasteiger partial charge in [0.1, 0.15) is 6.54 Å². The topological polar surface area (TPSA) is 120 Å². The lowest BCUT2D eigenvalue weighted by atomic mass is 10.1. The summed E-state index contributed by atoms with van der Waals surface area (Å²) in [4.78, 5) is 37.7. The van der Waals surface area contributed by atoms with Crippen LogP contribution in [0, 0.1) is 10.1 Å². The van der Waals surface area contributed by atoms with Crippen LogP contribution in [-0.2, 0) is 16.1 Å². The smallest absolute Gasteiger partial charge is 0.407 e. The van der Waals surface area contributed by atoms with Gasteiger partial charge >= 0.3 is 5.76 Å². The molecule has 0 spiro atoms. The summed E-state index contributed by atoms with van der Waals surface area (Å²) < 4.78 is 11.7. The molecule has 1 N–H and O–H groups in total. The first-order chi connectivity index (χ1) is 15.0. The summed E-state index contributed by atoms with van der Waals surface area (Å²) in [6, 6.07) is 13.2. The number of nitrogens with zero attached hydrogens (tertiary/aromatic N) is 3. The van der Waals surface area contributed by atoms with E-state index in [1.54, 1.807) is 0 Å². The number of hydrogen-bond donors (Lipinski definition) is 1. The van der Waals surface area contributed by atoms with Crippen molar-refractivity contribution in [2.45, 2.75) is 12.6 Å². The van der Waals surface area contributed by atoms with Gasteiger partial charge in [-0.25, -0.2) is 4.79 Å². The van der Waals surface area contributed by atoms with Crippen LogP contribution in [0.5, 0.6) is 0 Å². The Morgan fingerprint density at radius 1 is 1.16 bits per heavy atom. The zero-order valence-electron chi connectivity index (χ0n) is 16.7. The maximum absolute atomic E-state index is 12.8. The van der Waals surface area contributed by atoms with Gasteiger partial charge in [0.15, 0.2) is 5.58 Å². The van der Waals surface area contributed by atoms with Gasteiger partial charge in [-0.2, -0.15) is 0 Å². The molecule has 3 aromatic rings. The number of nitrogens with one attached hydrogen (secondary N) is 1. The van der Waals surface area contributed by atoms with Crippen molar-refractivity contribution in [1.82, 2.24) is 14.8 Å². The summed E-state index contributed by atoms with van der Waals surface area (Å²) in [5.74, 6) is -1.10. The first kappa shape index (κ1) is 20.8. The van der Waals surface area contributed by atoms with Crippen molar-refractivity contribution >= 4 is 22.7 Å². The van der Waals surface area contributed by atoms with Gasteiger partial charge < -0.3 is 14.5 Å². The highest BCUT2D eigenvalue weighted by Crippen LogP contribution is 2.20. The molecule has 1 aliphatic rings. The molecular formula is C21H22N4O6. The molecule has 0 aliphatic carbocycles. The Morgan fingerprint density at radius 3 is 2.61 bits per heavy atom. The number of non-ortho nitro benzene ring substituents is 1. The predicted octanol–water partition coefficient (Wildman–Crippen LogP) is 1.69. The molecule has 10 heteroatoms. The van der Waals surface area contributed by atoms with Crippen LogP contribution >= 0.6 is 0 Å². The van der Waals surface area contributed by atoms with Crippen LogP contribution in [0.25, 0.3) is 11.1 Å². The number of amides is 1. The monoisotopic (exact) mass is 426 g/mol.